The lowest BCUT2D eigenvalue weighted by atomic mass is 10.0. The molecule has 10 heteroatoms. The number of hydrazine groups is 1. The van der Waals surface area contributed by atoms with Crippen molar-refractivity contribution in [1.29, 1.82) is 0 Å². The number of ketones is 1. The summed E-state index contributed by atoms with van der Waals surface area (Å²) in [7, 11) is -1.77. The van der Waals surface area contributed by atoms with Crippen LogP contribution in [0.1, 0.15) is 49.0 Å². The Labute approximate surface area is 199 Å². The molecule has 3 N–H and O–H groups in total. The molecule has 0 amide bonds. The molecule has 3 aromatic rings. The highest BCUT2D eigenvalue weighted by Crippen LogP contribution is 2.39. The number of nitrogens with one attached hydrogen (secondary N) is 1. The molecule has 0 aliphatic heterocycles. The van der Waals surface area contributed by atoms with E-state index in [4.69, 9.17) is 10.6 Å². The van der Waals surface area contributed by atoms with E-state index in [9.17, 15) is 13.2 Å². The summed E-state index contributed by atoms with van der Waals surface area (Å²) in [6.07, 6.45) is 4.14. The summed E-state index contributed by atoms with van der Waals surface area (Å²) in [6.45, 7) is 5.89. The van der Waals surface area contributed by atoms with Gasteiger partial charge in [-0.15, -0.1) is 0 Å². The lowest BCUT2D eigenvalue weighted by Gasteiger charge is -2.25. The molecule has 0 saturated heterocycles. The molecule has 9 nitrogen and oxygen atoms in total. The van der Waals surface area contributed by atoms with Crippen LogP contribution in [0.4, 0.5) is 23.0 Å². The fourth-order valence-corrected chi connectivity index (χ4v) is 4.02. The van der Waals surface area contributed by atoms with E-state index in [0.29, 0.717) is 34.3 Å². The summed E-state index contributed by atoms with van der Waals surface area (Å²) >= 11 is 0. The van der Waals surface area contributed by atoms with Crippen molar-refractivity contribution in [2.75, 3.05) is 23.7 Å². The van der Waals surface area contributed by atoms with Crippen molar-refractivity contribution < 1.29 is 17.9 Å². The number of sulfone groups is 1. The Kier molecular flexibility index (Phi) is 7.53. The fourth-order valence-electron chi connectivity index (χ4n) is 3.46. The molecule has 0 aliphatic rings. The third kappa shape index (κ3) is 5.35. The van der Waals surface area contributed by atoms with Crippen LogP contribution in [0.2, 0.25) is 0 Å². The second-order valence-corrected chi connectivity index (χ2v) is 10.1. The highest BCUT2D eigenvalue weighted by molar-refractivity contribution is 7.90. The van der Waals surface area contributed by atoms with Crippen molar-refractivity contribution >= 4 is 38.6 Å². The lowest BCUT2D eigenvalue weighted by Crippen LogP contribution is -2.28. The number of anilines is 4. The van der Waals surface area contributed by atoms with Gasteiger partial charge in [0, 0.05) is 31.1 Å². The van der Waals surface area contributed by atoms with E-state index in [1.165, 1.54) is 29.5 Å². The maximum atomic E-state index is 12.7. The first kappa shape index (κ1) is 25.1. The number of carbonyl (C=O) groups excluding carboxylic acids is 1. The molecule has 180 valence electrons. The van der Waals surface area contributed by atoms with Crippen LogP contribution in [0.15, 0.2) is 53.7 Å². The number of hydrogen-bond donors (Lipinski definition) is 2. The predicted octanol–water partition coefficient (Wildman–Crippen LogP) is 4.36. The van der Waals surface area contributed by atoms with E-state index in [-0.39, 0.29) is 23.0 Å². The van der Waals surface area contributed by atoms with E-state index in [0.717, 1.165) is 11.8 Å². The monoisotopic (exact) mass is 483 g/mol. The van der Waals surface area contributed by atoms with Gasteiger partial charge in [-0.05, 0) is 29.7 Å². The van der Waals surface area contributed by atoms with Gasteiger partial charge < -0.3 is 10.1 Å². The van der Waals surface area contributed by atoms with Crippen LogP contribution < -0.4 is 20.9 Å². The summed E-state index contributed by atoms with van der Waals surface area (Å²) < 4.78 is 29.0. The Morgan fingerprint density at radius 3 is 2.38 bits per heavy atom. The van der Waals surface area contributed by atoms with Gasteiger partial charge in [0.05, 0.1) is 28.9 Å². The van der Waals surface area contributed by atoms with Crippen molar-refractivity contribution in [3.8, 4) is 5.75 Å². The first-order valence-corrected chi connectivity index (χ1v) is 12.6. The first-order valence-electron chi connectivity index (χ1n) is 10.7. The van der Waals surface area contributed by atoms with Crippen LogP contribution in [0.5, 0.6) is 5.75 Å². The SMILES string of the molecule is CCC(=O)c1cnc(Nc2ccc(S(C)(=O)=O)cn2)cc1N(N)c1cccc(C(C)C)c1OC. The van der Waals surface area contributed by atoms with Crippen LogP contribution in [0.25, 0.3) is 0 Å². The second kappa shape index (κ2) is 10.2. The summed E-state index contributed by atoms with van der Waals surface area (Å²) in [5.74, 6) is 8.04. The highest BCUT2D eigenvalue weighted by Gasteiger charge is 2.21. The third-order valence-corrected chi connectivity index (χ3v) is 6.39. The quantitative estimate of drug-likeness (QED) is 0.259. The van der Waals surface area contributed by atoms with Crippen molar-refractivity contribution in [2.24, 2.45) is 5.84 Å². The average Bonchev–Trinajstić information content (AvgIpc) is 2.82. The van der Waals surface area contributed by atoms with Crippen LogP contribution in [0, 0.1) is 0 Å². The zero-order valence-electron chi connectivity index (χ0n) is 19.9. The lowest BCUT2D eigenvalue weighted by molar-refractivity contribution is 0.0988. The molecule has 0 fully saturated rings. The number of hydrogen-bond acceptors (Lipinski definition) is 9. The summed E-state index contributed by atoms with van der Waals surface area (Å²) in [5.41, 5.74) is 2.40. The Hall–Kier alpha value is -3.50. The van der Waals surface area contributed by atoms with Gasteiger partial charge in [0.25, 0.3) is 0 Å². The molecule has 0 atom stereocenters. The molecule has 0 saturated carbocycles. The Morgan fingerprint density at radius 2 is 1.82 bits per heavy atom. The number of nitrogens with zero attached hydrogens (tertiary/aromatic N) is 3. The number of Topliss-reactive ketones (excluding diaryl/α,β-unsaturated/α-hetero) is 1. The van der Waals surface area contributed by atoms with E-state index in [1.54, 1.807) is 20.1 Å². The van der Waals surface area contributed by atoms with Gasteiger partial charge in [0.15, 0.2) is 15.6 Å². The number of methoxy groups -OCH3 is 1. The summed E-state index contributed by atoms with van der Waals surface area (Å²) in [6, 6.07) is 10.3. The van der Waals surface area contributed by atoms with E-state index < -0.39 is 9.84 Å². The van der Waals surface area contributed by atoms with Gasteiger partial charge in [-0.25, -0.2) is 24.2 Å². The minimum Gasteiger partial charge on any atom is -0.494 e. The molecule has 34 heavy (non-hydrogen) atoms. The van der Waals surface area contributed by atoms with Crippen molar-refractivity contribution in [1.82, 2.24) is 9.97 Å². The van der Waals surface area contributed by atoms with Crippen LogP contribution in [0.3, 0.4) is 0 Å². The summed E-state index contributed by atoms with van der Waals surface area (Å²) in [5, 5.41) is 4.45. The summed E-state index contributed by atoms with van der Waals surface area (Å²) in [4.78, 5) is 21.2. The molecule has 1 aromatic carbocycles. The average molecular weight is 484 g/mol. The van der Waals surface area contributed by atoms with E-state index >= 15 is 0 Å². The predicted molar refractivity (Wildman–Crippen MR) is 133 cm³/mol. The number of pyridine rings is 2. The number of ether oxygens (including phenoxy) is 1. The zero-order valence-corrected chi connectivity index (χ0v) is 20.7. The zero-order chi connectivity index (χ0) is 25.0. The minimum atomic E-state index is -3.35. The van der Waals surface area contributed by atoms with Crippen LogP contribution in [-0.2, 0) is 9.84 Å². The minimum absolute atomic E-state index is 0.112. The standard InChI is InChI=1S/C24H29N5O4S/c1-6-21(30)18-14-27-23(28-22-11-10-16(13-26-22)34(5,31)32)12-20(18)29(25)19-9-7-8-17(15(2)3)24(19)33-4/h7-15H,6,25H2,1-5H3,(H,26,27,28). The fraction of sp³-hybridized carbons (Fsp3) is 0.292. The maximum absolute atomic E-state index is 12.7. The maximum Gasteiger partial charge on any atom is 0.177 e. The number of aromatic nitrogens is 2. The second-order valence-electron chi connectivity index (χ2n) is 8.06. The Bertz CT molecular complexity index is 1290. The van der Waals surface area contributed by atoms with E-state index in [2.05, 4.69) is 29.1 Å². The van der Waals surface area contributed by atoms with Gasteiger partial charge >= 0.3 is 0 Å². The van der Waals surface area contributed by atoms with Crippen molar-refractivity contribution in [3.05, 3.63) is 59.9 Å². The van der Waals surface area contributed by atoms with Crippen molar-refractivity contribution in [2.45, 2.75) is 38.0 Å². The molecule has 0 bridgehead atoms. The van der Waals surface area contributed by atoms with Gasteiger partial charge in [-0.2, -0.15) is 0 Å². The van der Waals surface area contributed by atoms with Gasteiger partial charge in [0.1, 0.15) is 17.4 Å². The normalized spacial score (nSPS) is 11.4. The van der Waals surface area contributed by atoms with Crippen molar-refractivity contribution in [3.63, 3.8) is 0 Å². The number of nitrogens with two attached hydrogens (primary N) is 1. The Balaban J connectivity index is 2.05. The van der Waals surface area contributed by atoms with E-state index in [1.807, 2.05) is 18.2 Å². The molecule has 0 aliphatic carbocycles. The number of para-hydroxylation sites is 1. The number of rotatable bonds is 9. The molecule has 0 spiro atoms. The van der Waals surface area contributed by atoms with Gasteiger partial charge in [0.2, 0.25) is 0 Å². The van der Waals surface area contributed by atoms with Crippen LogP contribution in [-0.4, -0.2) is 37.5 Å². The molecule has 2 heterocycles. The van der Waals surface area contributed by atoms with Gasteiger partial charge in [-0.1, -0.05) is 32.9 Å². The number of carbonyl (C=O) groups is 1. The molecule has 3 rings (SSSR count). The largest absolute Gasteiger partial charge is 0.494 e. The Morgan fingerprint density at radius 1 is 1.12 bits per heavy atom. The first-order chi connectivity index (χ1) is 16.1. The molecule has 2 aromatic heterocycles. The molecular weight excluding hydrogens is 454 g/mol. The highest BCUT2D eigenvalue weighted by atomic mass is 32.2. The number of benzene rings is 1. The molecule has 0 unspecified atom stereocenters. The molecule has 0 radical (unpaired) electrons. The van der Waals surface area contributed by atoms with Crippen LogP contribution >= 0.6 is 0 Å². The van der Waals surface area contributed by atoms with Gasteiger partial charge in [-0.3, -0.25) is 9.80 Å². The smallest absolute Gasteiger partial charge is 0.177 e. The third-order valence-electron chi connectivity index (χ3n) is 5.29. The topological polar surface area (TPSA) is 128 Å². The molecular formula is C24H29N5O4S.